The molecule has 1 aliphatic carbocycles. The van der Waals surface area contributed by atoms with Crippen LogP contribution >= 0.6 is 22.6 Å². The summed E-state index contributed by atoms with van der Waals surface area (Å²) >= 11 is 1.94. The molecular weight excluding hydrogens is 344 g/mol. The molecule has 2 unspecified atom stereocenters. The molecule has 1 aromatic rings. The summed E-state index contributed by atoms with van der Waals surface area (Å²) in [7, 11) is 0. The van der Waals surface area contributed by atoms with Gasteiger partial charge in [0, 0.05) is 6.07 Å². The van der Waals surface area contributed by atoms with Crippen LogP contribution in [-0.2, 0) is 0 Å². The Hall–Kier alpha value is -0.520. The Morgan fingerprint density at radius 1 is 1.39 bits per heavy atom. The Bertz CT molecular complexity index is 425. The molecule has 0 heterocycles. The summed E-state index contributed by atoms with van der Waals surface area (Å²) in [5.41, 5.74) is 6.43. The first-order valence-corrected chi connectivity index (χ1v) is 7.61. The summed E-state index contributed by atoms with van der Waals surface area (Å²) in [6.07, 6.45) is 6.00. The average Bonchev–Trinajstić information content (AvgIpc) is 2.36. The molecular formula is C14H19FINO. The standard InChI is InChI=1S/C14H19FINO/c1-2-9-5-3-4-6-13(9)18-14-7-10(15)11(16)8-12(14)17/h7-9,13H,2-6,17H2,1H3. The second kappa shape index (κ2) is 6.08. The zero-order valence-corrected chi connectivity index (χ0v) is 12.7. The van der Waals surface area contributed by atoms with Crippen LogP contribution in [-0.4, -0.2) is 6.10 Å². The van der Waals surface area contributed by atoms with Crippen LogP contribution in [0.15, 0.2) is 12.1 Å². The van der Waals surface area contributed by atoms with E-state index in [1.807, 2.05) is 22.6 Å². The van der Waals surface area contributed by atoms with E-state index in [2.05, 4.69) is 6.92 Å². The van der Waals surface area contributed by atoms with Gasteiger partial charge < -0.3 is 10.5 Å². The van der Waals surface area contributed by atoms with E-state index in [0.29, 0.717) is 20.9 Å². The maximum Gasteiger partial charge on any atom is 0.145 e. The van der Waals surface area contributed by atoms with Gasteiger partial charge in [-0.2, -0.15) is 0 Å². The molecule has 0 radical (unpaired) electrons. The third-order valence-corrected chi connectivity index (χ3v) is 4.52. The second-order valence-electron chi connectivity index (χ2n) is 4.91. The van der Waals surface area contributed by atoms with E-state index in [-0.39, 0.29) is 11.9 Å². The SMILES string of the molecule is CCC1CCCCC1Oc1cc(F)c(I)cc1N. The van der Waals surface area contributed by atoms with E-state index >= 15 is 0 Å². The molecule has 1 aliphatic rings. The number of hydrogen-bond acceptors (Lipinski definition) is 2. The number of halogens is 2. The van der Waals surface area contributed by atoms with Gasteiger partial charge in [-0.1, -0.05) is 13.3 Å². The summed E-state index contributed by atoms with van der Waals surface area (Å²) in [4.78, 5) is 0. The van der Waals surface area contributed by atoms with E-state index in [1.54, 1.807) is 6.07 Å². The fraction of sp³-hybridized carbons (Fsp3) is 0.571. The first-order chi connectivity index (χ1) is 8.61. The molecule has 2 atom stereocenters. The maximum atomic E-state index is 13.5. The number of nitrogens with two attached hydrogens (primary N) is 1. The highest BCUT2D eigenvalue weighted by atomic mass is 127. The summed E-state index contributed by atoms with van der Waals surface area (Å²) in [6, 6.07) is 3.05. The van der Waals surface area contributed by atoms with Crippen molar-refractivity contribution >= 4 is 28.3 Å². The van der Waals surface area contributed by atoms with Gasteiger partial charge in [0.25, 0.3) is 0 Å². The fourth-order valence-electron chi connectivity index (χ4n) is 2.60. The molecule has 1 aromatic carbocycles. The topological polar surface area (TPSA) is 35.2 Å². The van der Waals surface area contributed by atoms with Crippen molar-refractivity contribution in [3.05, 3.63) is 21.5 Å². The Morgan fingerprint density at radius 3 is 2.83 bits per heavy atom. The molecule has 2 N–H and O–H groups in total. The molecule has 1 fully saturated rings. The number of ether oxygens (including phenoxy) is 1. The van der Waals surface area contributed by atoms with Gasteiger partial charge in [0.2, 0.25) is 0 Å². The van der Waals surface area contributed by atoms with Gasteiger partial charge in [-0.3, -0.25) is 0 Å². The lowest BCUT2D eigenvalue weighted by molar-refractivity contribution is 0.0908. The monoisotopic (exact) mass is 363 g/mol. The summed E-state index contributed by atoms with van der Waals surface area (Å²) in [5.74, 6) is 0.808. The van der Waals surface area contributed by atoms with E-state index in [0.717, 1.165) is 12.8 Å². The number of hydrogen-bond donors (Lipinski definition) is 1. The van der Waals surface area contributed by atoms with Crippen LogP contribution in [0, 0.1) is 15.3 Å². The van der Waals surface area contributed by atoms with E-state index in [4.69, 9.17) is 10.5 Å². The van der Waals surface area contributed by atoms with Crippen LogP contribution in [0.2, 0.25) is 0 Å². The lowest BCUT2D eigenvalue weighted by atomic mass is 9.85. The number of nitrogen functional groups attached to an aromatic ring is 1. The Morgan fingerprint density at radius 2 is 2.11 bits per heavy atom. The summed E-state index contributed by atoms with van der Waals surface area (Å²) < 4.78 is 20.0. The molecule has 100 valence electrons. The summed E-state index contributed by atoms with van der Waals surface area (Å²) in [6.45, 7) is 2.18. The molecule has 0 saturated heterocycles. The van der Waals surface area contributed by atoms with E-state index in [9.17, 15) is 4.39 Å². The quantitative estimate of drug-likeness (QED) is 0.640. The first-order valence-electron chi connectivity index (χ1n) is 6.53. The fourth-order valence-corrected chi connectivity index (χ4v) is 3.10. The lowest BCUT2D eigenvalue weighted by Gasteiger charge is -2.31. The highest BCUT2D eigenvalue weighted by molar-refractivity contribution is 14.1. The lowest BCUT2D eigenvalue weighted by Crippen LogP contribution is -2.30. The van der Waals surface area contributed by atoms with Crippen LogP contribution < -0.4 is 10.5 Å². The van der Waals surface area contributed by atoms with Gasteiger partial charge in [-0.25, -0.2) is 4.39 Å². The number of anilines is 1. The van der Waals surface area contributed by atoms with Crippen LogP contribution in [0.4, 0.5) is 10.1 Å². The van der Waals surface area contributed by atoms with Crippen molar-refractivity contribution in [1.29, 1.82) is 0 Å². The zero-order chi connectivity index (χ0) is 13.1. The van der Waals surface area contributed by atoms with Gasteiger partial charge >= 0.3 is 0 Å². The highest BCUT2D eigenvalue weighted by Crippen LogP contribution is 2.33. The minimum absolute atomic E-state index is 0.186. The van der Waals surface area contributed by atoms with Crippen molar-refractivity contribution in [3.8, 4) is 5.75 Å². The van der Waals surface area contributed by atoms with Gasteiger partial charge in [-0.05, 0) is 60.3 Å². The first kappa shape index (κ1) is 13.9. The predicted molar refractivity (Wildman–Crippen MR) is 80.2 cm³/mol. The maximum absolute atomic E-state index is 13.5. The van der Waals surface area contributed by atoms with Crippen molar-refractivity contribution in [2.75, 3.05) is 5.73 Å². The molecule has 0 amide bonds. The van der Waals surface area contributed by atoms with Crippen LogP contribution in [0.25, 0.3) is 0 Å². The minimum Gasteiger partial charge on any atom is -0.488 e. The van der Waals surface area contributed by atoms with Crippen molar-refractivity contribution < 1.29 is 9.13 Å². The molecule has 2 rings (SSSR count). The zero-order valence-electron chi connectivity index (χ0n) is 10.6. The molecule has 0 aromatic heterocycles. The highest BCUT2D eigenvalue weighted by Gasteiger charge is 2.26. The number of benzene rings is 1. The van der Waals surface area contributed by atoms with Gasteiger partial charge in [0.15, 0.2) is 0 Å². The molecule has 18 heavy (non-hydrogen) atoms. The third-order valence-electron chi connectivity index (χ3n) is 3.69. The second-order valence-corrected chi connectivity index (χ2v) is 6.08. The molecule has 1 saturated carbocycles. The normalized spacial score (nSPS) is 23.9. The Balaban J connectivity index is 2.15. The Labute approximate surface area is 121 Å². The van der Waals surface area contributed by atoms with Gasteiger partial charge in [0.1, 0.15) is 17.7 Å². The molecule has 4 heteroatoms. The third kappa shape index (κ3) is 3.08. The van der Waals surface area contributed by atoms with E-state index < -0.39 is 0 Å². The minimum atomic E-state index is -0.261. The van der Waals surface area contributed by atoms with Gasteiger partial charge in [-0.15, -0.1) is 0 Å². The van der Waals surface area contributed by atoms with Crippen LogP contribution in [0.5, 0.6) is 5.75 Å². The van der Waals surface area contributed by atoms with Gasteiger partial charge in [0.05, 0.1) is 9.26 Å². The van der Waals surface area contributed by atoms with Crippen molar-refractivity contribution in [2.45, 2.75) is 45.1 Å². The van der Waals surface area contributed by atoms with Crippen molar-refractivity contribution in [1.82, 2.24) is 0 Å². The van der Waals surface area contributed by atoms with Crippen molar-refractivity contribution in [3.63, 3.8) is 0 Å². The van der Waals surface area contributed by atoms with Crippen LogP contribution in [0.1, 0.15) is 39.0 Å². The molecule has 2 nitrogen and oxygen atoms in total. The van der Waals surface area contributed by atoms with Crippen LogP contribution in [0.3, 0.4) is 0 Å². The van der Waals surface area contributed by atoms with E-state index in [1.165, 1.54) is 25.3 Å². The molecule has 0 bridgehead atoms. The number of rotatable bonds is 3. The Kier molecular flexibility index (Phi) is 4.70. The smallest absolute Gasteiger partial charge is 0.145 e. The largest absolute Gasteiger partial charge is 0.488 e. The average molecular weight is 363 g/mol. The summed E-state index contributed by atoms with van der Waals surface area (Å²) in [5, 5.41) is 0. The molecule has 0 aliphatic heterocycles. The molecule has 0 spiro atoms. The predicted octanol–water partition coefficient (Wildman–Crippen LogP) is 4.36. The van der Waals surface area contributed by atoms with Crippen molar-refractivity contribution in [2.24, 2.45) is 5.92 Å².